The molecule has 7 heteroatoms. The van der Waals surface area contributed by atoms with Crippen molar-refractivity contribution in [3.05, 3.63) is 30.1 Å². The SMILES string of the molecule is CC(C)(C)OC(=O)COCC1CCCC(COC(=O)Nc2cccc(F)c2)C1. The van der Waals surface area contributed by atoms with Crippen LogP contribution in [0.1, 0.15) is 46.5 Å². The van der Waals surface area contributed by atoms with Crippen molar-refractivity contribution in [2.45, 2.75) is 52.1 Å². The van der Waals surface area contributed by atoms with Gasteiger partial charge in [-0.1, -0.05) is 12.5 Å². The maximum atomic E-state index is 13.1. The number of hydrogen-bond donors (Lipinski definition) is 1. The van der Waals surface area contributed by atoms with Crippen LogP contribution >= 0.6 is 0 Å². The minimum Gasteiger partial charge on any atom is -0.458 e. The number of nitrogens with one attached hydrogen (secondary N) is 1. The summed E-state index contributed by atoms with van der Waals surface area (Å²) in [7, 11) is 0. The van der Waals surface area contributed by atoms with Crippen molar-refractivity contribution in [1.29, 1.82) is 0 Å². The van der Waals surface area contributed by atoms with Gasteiger partial charge in [-0.05, 0) is 70.1 Å². The Morgan fingerprint density at radius 2 is 1.89 bits per heavy atom. The number of benzene rings is 1. The van der Waals surface area contributed by atoms with E-state index in [0.717, 1.165) is 25.7 Å². The molecule has 156 valence electrons. The smallest absolute Gasteiger partial charge is 0.411 e. The van der Waals surface area contributed by atoms with E-state index in [0.29, 0.717) is 24.8 Å². The minimum absolute atomic E-state index is 0.0506. The van der Waals surface area contributed by atoms with Gasteiger partial charge in [-0.25, -0.2) is 14.0 Å². The van der Waals surface area contributed by atoms with Gasteiger partial charge in [0.25, 0.3) is 0 Å². The van der Waals surface area contributed by atoms with Gasteiger partial charge >= 0.3 is 12.1 Å². The summed E-state index contributed by atoms with van der Waals surface area (Å²) in [5, 5.41) is 2.52. The molecule has 28 heavy (non-hydrogen) atoms. The number of carbonyl (C=O) groups excluding carboxylic acids is 2. The zero-order valence-electron chi connectivity index (χ0n) is 16.8. The lowest BCUT2D eigenvalue weighted by atomic mass is 9.82. The highest BCUT2D eigenvalue weighted by Crippen LogP contribution is 2.29. The summed E-state index contributed by atoms with van der Waals surface area (Å²) < 4.78 is 29.2. The van der Waals surface area contributed by atoms with E-state index in [-0.39, 0.29) is 18.5 Å². The van der Waals surface area contributed by atoms with Crippen LogP contribution in [0.15, 0.2) is 24.3 Å². The predicted molar refractivity (Wildman–Crippen MR) is 103 cm³/mol. The minimum atomic E-state index is -0.589. The molecule has 6 nitrogen and oxygen atoms in total. The summed E-state index contributed by atoms with van der Waals surface area (Å²) in [6, 6.07) is 5.67. The van der Waals surface area contributed by atoms with Crippen LogP contribution in [-0.4, -0.2) is 37.5 Å². The molecule has 1 fully saturated rings. The second kappa shape index (κ2) is 10.4. The molecule has 0 aliphatic heterocycles. The average molecular weight is 395 g/mol. The number of esters is 1. The van der Waals surface area contributed by atoms with E-state index in [9.17, 15) is 14.0 Å². The molecule has 1 amide bonds. The van der Waals surface area contributed by atoms with E-state index < -0.39 is 17.5 Å². The summed E-state index contributed by atoms with van der Waals surface area (Å²) in [5.41, 5.74) is -0.151. The third-order valence-electron chi connectivity index (χ3n) is 4.41. The number of ether oxygens (including phenoxy) is 3. The second-order valence-electron chi connectivity index (χ2n) is 8.23. The maximum Gasteiger partial charge on any atom is 0.411 e. The van der Waals surface area contributed by atoms with Crippen LogP contribution in [0, 0.1) is 17.7 Å². The van der Waals surface area contributed by atoms with Gasteiger partial charge in [0.1, 0.15) is 18.0 Å². The maximum absolute atomic E-state index is 13.1. The highest BCUT2D eigenvalue weighted by atomic mass is 19.1. The average Bonchev–Trinajstić information content (AvgIpc) is 2.59. The fourth-order valence-electron chi connectivity index (χ4n) is 3.30. The van der Waals surface area contributed by atoms with E-state index in [4.69, 9.17) is 14.2 Å². The first-order valence-corrected chi connectivity index (χ1v) is 9.70. The summed E-state index contributed by atoms with van der Waals surface area (Å²) >= 11 is 0. The largest absolute Gasteiger partial charge is 0.458 e. The Morgan fingerprint density at radius 3 is 2.57 bits per heavy atom. The quantitative estimate of drug-likeness (QED) is 0.686. The summed E-state index contributed by atoms with van der Waals surface area (Å²) in [6.07, 6.45) is 3.33. The van der Waals surface area contributed by atoms with E-state index in [1.54, 1.807) is 6.07 Å². The number of anilines is 1. The Balaban J connectivity index is 1.65. The van der Waals surface area contributed by atoms with Crippen LogP contribution in [0.5, 0.6) is 0 Å². The number of halogens is 1. The molecule has 1 saturated carbocycles. The molecule has 0 aromatic heterocycles. The van der Waals surface area contributed by atoms with Crippen LogP contribution in [0.3, 0.4) is 0 Å². The molecule has 1 aliphatic carbocycles. The fourth-order valence-corrected chi connectivity index (χ4v) is 3.30. The number of hydrogen-bond acceptors (Lipinski definition) is 5. The second-order valence-corrected chi connectivity index (χ2v) is 8.23. The normalized spacial score (nSPS) is 19.7. The zero-order chi connectivity index (χ0) is 20.6. The lowest BCUT2D eigenvalue weighted by Crippen LogP contribution is -2.28. The molecule has 2 rings (SSSR count). The summed E-state index contributed by atoms with van der Waals surface area (Å²) in [6.45, 7) is 6.21. The first-order chi connectivity index (χ1) is 13.2. The van der Waals surface area contributed by atoms with Crippen molar-refractivity contribution in [3.63, 3.8) is 0 Å². The van der Waals surface area contributed by atoms with Crippen LogP contribution in [0.2, 0.25) is 0 Å². The Hall–Kier alpha value is -2.15. The number of carbonyl (C=O) groups is 2. The molecular weight excluding hydrogens is 365 g/mol. The molecule has 1 N–H and O–H groups in total. The van der Waals surface area contributed by atoms with Crippen molar-refractivity contribution in [3.8, 4) is 0 Å². The summed E-state index contributed by atoms with van der Waals surface area (Å²) in [4.78, 5) is 23.6. The lowest BCUT2D eigenvalue weighted by Gasteiger charge is -2.28. The van der Waals surface area contributed by atoms with Crippen molar-refractivity contribution in [1.82, 2.24) is 0 Å². The van der Waals surface area contributed by atoms with Gasteiger partial charge < -0.3 is 14.2 Å². The Morgan fingerprint density at radius 1 is 1.18 bits per heavy atom. The standard InChI is InChI=1S/C21H30FNO5/c1-21(2,3)28-19(24)14-26-12-15-6-4-7-16(10-15)13-27-20(25)23-18-9-5-8-17(22)11-18/h5,8-9,11,15-16H,4,6-7,10,12-14H2,1-3H3,(H,23,25). The molecule has 0 saturated heterocycles. The highest BCUT2D eigenvalue weighted by Gasteiger charge is 2.24. The molecule has 1 aliphatic rings. The van der Waals surface area contributed by atoms with Crippen molar-refractivity contribution in [2.75, 3.05) is 25.1 Å². The van der Waals surface area contributed by atoms with Gasteiger partial charge in [0, 0.05) is 5.69 Å². The number of rotatable bonds is 7. The van der Waals surface area contributed by atoms with Gasteiger partial charge in [0.15, 0.2) is 0 Å². The topological polar surface area (TPSA) is 73.9 Å². The molecule has 1 aromatic carbocycles. The van der Waals surface area contributed by atoms with Gasteiger partial charge in [-0.2, -0.15) is 0 Å². The molecule has 2 atom stereocenters. The van der Waals surface area contributed by atoms with Crippen molar-refractivity contribution < 1.29 is 28.2 Å². The third-order valence-corrected chi connectivity index (χ3v) is 4.41. The van der Waals surface area contributed by atoms with E-state index in [2.05, 4.69) is 5.32 Å². The first kappa shape index (κ1) is 22.1. The lowest BCUT2D eigenvalue weighted by molar-refractivity contribution is -0.160. The van der Waals surface area contributed by atoms with Crippen LogP contribution in [-0.2, 0) is 19.0 Å². The van der Waals surface area contributed by atoms with Crippen molar-refractivity contribution >= 4 is 17.7 Å². The van der Waals surface area contributed by atoms with Crippen LogP contribution in [0.25, 0.3) is 0 Å². The van der Waals surface area contributed by atoms with E-state index >= 15 is 0 Å². The van der Waals surface area contributed by atoms with Gasteiger partial charge in [-0.15, -0.1) is 0 Å². The molecule has 2 unspecified atom stereocenters. The van der Waals surface area contributed by atoms with Crippen molar-refractivity contribution in [2.24, 2.45) is 11.8 Å². The monoisotopic (exact) mass is 395 g/mol. The molecule has 1 aromatic rings. The van der Waals surface area contributed by atoms with Crippen LogP contribution in [0.4, 0.5) is 14.9 Å². The molecule has 0 spiro atoms. The zero-order valence-corrected chi connectivity index (χ0v) is 16.8. The third kappa shape index (κ3) is 8.69. The molecule has 0 radical (unpaired) electrons. The first-order valence-electron chi connectivity index (χ1n) is 9.70. The van der Waals surface area contributed by atoms with E-state index in [1.807, 2.05) is 20.8 Å². The van der Waals surface area contributed by atoms with Gasteiger partial charge in [0.2, 0.25) is 0 Å². The number of amides is 1. The van der Waals surface area contributed by atoms with E-state index in [1.165, 1.54) is 18.2 Å². The van der Waals surface area contributed by atoms with Crippen LogP contribution < -0.4 is 5.32 Å². The molecule has 0 heterocycles. The highest BCUT2D eigenvalue weighted by molar-refractivity contribution is 5.84. The molecule has 0 bridgehead atoms. The van der Waals surface area contributed by atoms with Gasteiger partial charge in [0.05, 0.1) is 13.2 Å². The molecular formula is C21H30FNO5. The Kier molecular flexibility index (Phi) is 8.23. The van der Waals surface area contributed by atoms with Gasteiger partial charge in [-0.3, -0.25) is 5.32 Å². The Labute approximate surface area is 165 Å². The fraction of sp³-hybridized carbons (Fsp3) is 0.619. The predicted octanol–water partition coefficient (Wildman–Crippen LogP) is 4.54. The summed E-state index contributed by atoms with van der Waals surface area (Å²) in [5.74, 6) is -0.199. The Bertz CT molecular complexity index is 658.